The number of nitrogens with zero attached hydrogens (tertiary/aromatic N) is 1. The number of aliphatic carboxylic acids is 1. The number of carbonyl (C=O) groups excluding carboxylic acids is 1. The lowest BCUT2D eigenvalue weighted by Gasteiger charge is -2.34. The van der Waals surface area contributed by atoms with E-state index in [1.165, 1.54) is 6.07 Å². The van der Waals surface area contributed by atoms with Gasteiger partial charge >= 0.3 is 12.1 Å². The van der Waals surface area contributed by atoms with Crippen LogP contribution in [0.25, 0.3) is 5.69 Å². The first-order chi connectivity index (χ1) is 20.3. The number of aromatic nitrogens is 1. The summed E-state index contributed by atoms with van der Waals surface area (Å²) in [7, 11) is -4.49. The number of nitrogens with one attached hydrogen (secondary N) is 2. The van der Waals surface area contributed by atoms with Crippen LogP contribution < -0.4 is 10.0 Å². The molecular weight excluding hydrogens is 595 g/mol. The molecule has 2 aromatic rings. The number of rotatable bonds is 8. The van der Waals surface area contributed by atoms with Gasteiger partial charge in [-0.1, -0.05) is 32.1 Å². The number of carboxylic acids is 1. The van der Waals surface area contributed by atoms with Crippen molar-refractivity contribution in [1.82, 2.24) is 14.6 Å². The first-order valence-corrected chi connectivity index (χ1v) is 16.8. The molecule has 0 aliphatic heterocycles. The summed E-state index contributed by atoms with van der Waals surface area (Å²) in [6, 6.07) is 2.96. The monoisotopic (exact) mass is 639 g/mol. The van der Waals surface area contributed by atoms with E-state index in [2.05, 4.69) is 10.0 Å². The van der Waals surface area contributed by atoms with Gasteiger partial charge in [0.15, 0.2) is 0 Å². The zero-order chi connectivity index (χ0) is 32.7. The molecule has 0 spiro atoms. The van der Waals surface area contributed by atoms with E-state index < -0.39 is 43.6 Å². The van der Waals surface area contributed by atoms with Gasteiger partial charge < -0.3 is 15.0 Å². The van der Waals surface area contributed by atoms with E-state index in [1.54, 1.807) is 45.4 Å². The van der Waals surface area contributed by atoms with Gasteiger partial charge in [0, 0.05) is 29.2 Å². The Morgan fingerprint density at radius 3 is 2.20 bits per heavy atom. The van der Waals surface area contributed by atoms with E-state index in [0.717, 1.165) is 49.9 Å². The van der Waals surface area contributed by atoms with Gasteiger partial charge in [-0.3, -0.25) is 9.59 Å². The molecule has 244 valence electrons. The summed E-state index contributed by atoms with van der Waals surface area (Å²) in [5.74, 6) is -0.898. The van der Waals surface area contributed by atoms with Crippen LogP contribution in [0.2, 0.25) is 0 Å². The normalized spacial score (nSPS) is 22.1. The summed E-state index contributed by atoms with van der Waals surface area (Å²) in [4.78, 5) is 24.3. The van der Waals surface area contributed by atoms with Gasteiger partial charge in [-0.15, -0.1) is 0 Å². The van der Waals surface area contributed by atoms with E-state index in [1.807, 2.05) is 0 Å². The van der Waals surface area contributed by atoms with Crippen LogP contribution in [0.15, 0.2) is 29.3 Å². The lowest BCUT2D eigenvalue weighted by atomic mass is 9.74. The van der Waals surface area contributed by atoms with Gasteiger partial charge in [0.1, 0.15) is 0 Å². The Hall–Kier alpha value is -2.86. The van der Waals surface area contributed by atoms with Crippen molar-refractivity contribution in [3.63, 3.8) is 0 Å². The van der Waals surface area contributed by atoms with Crippen molar-refractivity contribution in [2.45, 2.75) is 121 Å². The Balaban J connectivity index is 1.73. The first-order valence-electron chi connectivity index (χ1n) is 15.3. The topological polar surface area (TPSA) is 118 Å². The van der Waals surface area contributed by atoms with E-state index in [9.17, 15) is 36.3 Å². The highest BCUT2D eigenvalue weighted by Gasteiger charge is 2.40. The van der Waals surface area contributed by atoms with Crippen molar-refractivity contribution >= 4 is 21.9 Å². The van der Waals surface area contributed by atoms with Gasteiger partial charge in [-0.2, -0.15) is 13.2 Å². The third-order valence-electron chi connectivity index (χ3n) is 9.05. The minimum atomic E-state index is -4.95. The molecule has 4 rings (SSSR count). The lowest BCUT2D eigenvalue weighted by molar-refractivity contribution is -0.150. The second kappa shape index (κ2) is 12.5. The van der Waals surface area contributed by atoms with Crippen LogP contribution in [0.1, 0.15) is 113 Å². The minimum absolute atomic E-state index is 0.120. The number of carbonyl (C=O) groups is 2. The summed E-state index contributed by atoms with van der Waals surface area (Å²) in [6.07, 6.45) is 4.30. The third kappa shape index (κ3) is 7.67. The van der Waals surface area contributed by atoms with Crippen LogP contribution in [0.4, 0.5) is 13.2 Å². The Kier molecular flexibility index (Phi) is 9.66. The predicted molar refractivity (Wildman–Crippen MR) is 161 cm³/mol. The fourth-order valence-electron chi connectivity index (χ4n) is 6.47. The predicted octanol–water partition coefficient (Wildman–Crippen LogP) is 6.77. The molecule has 8 nitrogen and oxygen atoms in total. The number of hydrogen-bond acceptors (Lipinski definition) is 4. The lowest BCUT2D eigenvalue weighted by Crippen LogP contribution is -2.42. The van der Waals surface area contributed by atoms with Gasteiger partial charge in [0.2, 0.25) is 10.0 Å². The van der Waals surface area contributed by atoms with E-state index in [4.69, 9.17) is 0 Å². The largest absolute Gasteiger partial charge is 0.481 e. The minimum Gasteiger partial charge on any atom is -0.481 e. The van der Waals surface area contributed by atoms with Crippen LogP contribution in [-0.4, -0.2) is 41.5 Å². The van der Waals surface area contributed by atoms with Gasteiger partial charge in [0.25, 0.3) is 5.91 Å². The molecule has 0 saturated heterocycles. The number of sulfonamides is 1. The molecule has 1 amide bonds. The molecule has 2 saturated carbocycles. The fourth-order valence-corrected chi connectivity index (χ4v) is 8.10. The third-order valence-corrected chi connectivity index (χ3v) is 10.9. The standard InChI is InChI=1S/C32H44F3N3O5S/c1-20-24(28(39)36-22-13-15-31(5,16-14-22)29(40)41)19-38(26(20)17-21-9-7-6-8-10-21)23-11-12-27(25(18-23)32(33,34)35)44(42,43)37-30(2,3)4/h11-12,18-19,21-22,37H,6-10,13-17H2,1-5H3,(H,36,39)(H,40,41). The number of hydrogen-bond donors (Lipinski definition) is 3. The summed E-state index contributed by atoms with van der Waals surface area (Å²) >= 11 is 0. The van der Waals surface area contributed by atoms with Crippen LogP contribution in [0.5, 0.6) is 0 Å². The molecular formula is C32H44F3N3O5S. The van der Waals surface area contributed by atoms with Crippen molar-refractivity contribution in [1.29, 1.82) is 0 Å². The highest BCUT2D eigenvalue weighted by Crippen LogP contribution is 2.39. The molecule has 2 aliphatic carbocycles. The molecule has 1 heterocycles. The molecule has 0 unspecified atom stereocenters. The Bertz CT molecular complexity index is 1490. The van der Waals surface area contributed by atoms with Gasteiger partial charge in [-0.05, 0) is 96.4 Å². The number of benzene rings is 1. The summed E-state index contributed by atoms with van der Waals surface area (Å²) < 4.78 is 73.0. The average molecular weight is 640 g/mol. The number of halogens is 3. The van der Waals surface area contributed by atoms with Crippen LogP contribution in [0, 0.1) is 18.3 Å². The maximum atomic E-state index is 14.4. The molecule has 0 atom stereocenters. The highest BCUT2D eigenvalue weighted by molar-refractivity contribution is 7.89. The second-order valence-electron chi connectivity index (χ2n) is 13.8. The van der Waals surface area contributed by atoms with Crippen molar-refractivity contribution in [2.75, 3.05) is 0 Å². The number of carboxylic acid groups (broad SMARTS) is 1. The van der Waals surface area contributed by atoms with Gasteiger partial charge in [0.05, 0.1) is 21.4 Å². The summed E-state index contributed by atoms with van der Waals surface area (Å²) in [5.41, 5.74) is -1.25. The van der Waals surface area contributed by atoms with E-state index in [-0.39, 0.29) is 17.6 Å². The average Bonchev–Trinajstić information content (AvgIpc) is 3.24. The van der Waals surface area contributed by atoms with E-state index >= 15 is 0 Å². The smallest absolute Gasteiger partial charge is 0.417 e. The molecule has 0 bridgehead atoms. The number of alkyl halides is 3. The Labute approximate surface area is 257 Å². The molecule has 12 heteroatoms. The fraction of sp³-hybridized carbons (Fsp3) is 0.625. The maximum Gasteiger partial charge on any atom is 0.417 e. The first kappa shape index (κ1) is 34.0. The molecule has 44 heavy (non-hydrogen) atoms. The van der Waals surface area contributed by atoms with Gasteiger partial charge in [-0.25, -0.2) is 13.1 Å². The van der Waals surface area contributed by atoms with Crippen LogP contribution in [-0.2, 0) is 27.4 Å². The second-order valence-corrected chi connectivity index (χ2v) is 15.5. The maximum absolute atomic E-state index is 14.4. The Morgan fingerprint density at radius 1 is 1.05 bits per heavy atom. The molecule has 2 fully saturated rings. The number of amides is 1. The SMILES string of the molecule is Cc1c(C(=O)NC2CCC(C)(C(=O)O)CC2)cn(-c2ccc(S(=O)(=O)NC(C)(C)C)c(C(F)(F)F)c2)c1CC1CCCCC1. The molecule has 0 radical (unpaired) electrons. The molecule has 1 aromatic carbocycles. The van der Waals surface area contributed by atoms with Crippen LogP contribution >= 0.6 is 0 Å². The highest BCUT2D eigenvalue weighted by atomic mass is 32.2. The van der Waals surface area contributed by atoms with Crippen molar-refractivity contribution in [3.05, 3.63) is 46.8 Å². The zero-order valence-corrected chi connectivity index (χ0v) is 26.9. The molecule has 3 N–H and O–H groups in total. The van der Waals surface area contributed by atoms with E-state index in [0.29, 0.717) is 49.1 Å². The zero-order valence-electron chi connectivity index (χ0n) is 26.1. The summed E-state index contributed by atoms with van der Waals surface area (Å²) in [5, 5.41) is 12.6. The summed E-state index contributed by atoms with van der Waals surface area (Å²) in [6.45, 7) is 8.16. The molecule has 2 aliphatic rings. The molecule has 1 aromatic heterocycles. The van der Waals surface area contributed by atoms with Crippen molar-refractivity contribution in [2.24, 2.45) is 11.3 Å². The van der Waals surface area contributed by atoms with Crippen molar-refractivity contribution < 1.29 is 36.3 Å². The quantitative estimate of drug-likeness (QED) is 0.295. The van der Waals surface area contributed by atoms with Crippen molar-refractivity contribution in [3.8, 4) is 5.69 Å². The van der Waals surface area contributed by atoms with Crippen LogP contribution in [0.3, 0.4) is 0 Å². The Morgan fingerprint density at radius 2 is 1.66 bits per heavy atom.